The molecule has 1 aliphatic rings. The van der Waals surface area contributed by atoms with Gasteiger partial charge in [0.1, 0.15) is 5.82 Å². The molecule has 3 nitrogen and oxygen atoms in total. The van der Waals surface area contributed by atoms with E-state index in [2.05, 4.69) is 5.32 Å². The first kappa shape index (κ1) is 25.1. The van der Waals surface area contributed by atoms with Crippen LogP contribution in [0, 0.1) is 5.82 Å². The largest absolute Gasteiger partial charge is 0.416 e. The third-order valence-corrected chi connectivity index (χ3v) is 4.67. The summed E-state index contributed by atoms with van der Waals surface area (Å²) in [6.07, 6.45) is -12.0. The van der Waals surface area contributed by atoms with Gasteiger partial charge in [0.15, 0.2) is 6.29 Å². The highest BCUT2D eigenvalue weighted by Gasteiger charge is 2.38. The van der Waals surface area contributed by atoms with Gasteiger partial charge in [-0.2, -0.15) is 26.3 Å². The average molecular weight is 453 g/mol. The Morgan fingerprint density at radius 3 is 2.03 bits per heavy atom. The van der Waals surface area contributed by atoms with Gasteiger partial charge in [-0.3, -0.25) is 0 Å². The Morgan fingerprint density at radius 2 is 1.52 bits per heavy atom. The van der Waals surface area contributed by atoms with Gasteiger partial charge in [0.05, 0.1) is 29.9 Å². The average Bonchev–Trinajstić information content (AvgIpc) is 2.67. The number of benzene rings is 2. The van der Waals surface area contributed by atoms with Crippen LogP contribution in [0.25, 0.3) is 0 Å². The van der Waals surface area contributed by atoms with Gasteiger partial charge in [0, 0.05) is 6.54 Å². The Bertz CT molecular complexity index is 833. The maximum Gasteiger partial charge on any atom is 0.416 e. The highest BCUT2D eigenvalue weighted by molar-refractivity contribution is 5.34. The number of rotatable bonds is 4. The van der Waals surface area contributed by atoms with Crippen molar-refractivity contribution in [3.63, 3.8) is 0 Å². The van der Waals surface area contributed by atoms with Crippen molar-refractivity contribution in [1.29, 1.82) is 0 Å². The van der Waals surface area contributed by atoms with Gasteiger partial charge in [-0.25, -0.2) is 4.39 Å². The van der Waals surface area contributed by atoms with Crippen LogP contribution in [0.1, 0.15) is 48.8 Å². The van der Waals surface area contributed by atoms with Crippen LogP contribution < -0.4 is 5.32 Å². The minimum Gasteiger partial charge on any atom is -0.349 e. The van der Waals surface area contributed by atoms with Crippen molar-refractivity contribution in [1.82, 2.24) is 5.32 Å². The number of morpholine rings is 1. The second kappa shape index (κ2) is 9.54. The quantitative estimate of drug-likeness (QED) is 0.554. The molecule has 172 valence electrons. The monoisotopic (exact) mass is 453 g/mol. The lowest BCUT2D eigenvalue weighted by atomic mass is 10.0. The van der Waals surface area contributed by atoms with Crippen molar-refractivity contribution in [2.45, 2.75) is 45.1 Å². The molecule has 0 amide bonds. The fraction of sp³-hybridized carbons (Fsp3) is 0.429. The molecule has 1 fully saturated rings. The van der Waals surface area contributed by atoms with Crippen LogP contribution in [0.2, 0.25) is 0 Å². The van der Waals surface area contributed by atoms with E-state index in [1.54, 1.807) is 0 Å². The Balaban J connectivity index is 0.00000341. The van der Waals surface area contributed by atoms with Crippen molar-refractivity contribution in [3.8, 4) is 0 Å². The topological polar surface area (TPSA) is 30.5 Å². The van der Waals surface area contributed by atoms with Crippen LogP contribution in [0.15, 0.2) is 42.5 Å². The molecule has 1 heterocycles. The van der Waals surface area contributed by atoms with Crippen molar-refractivity contribution in [2.24, 2.45) is 0 Å². The van der Waals surface area contributed by atoms with Gasteiger partial charge in [0.25, 0.3) is 0 Å². The highest BCUT2D eigenvalue weighted by atomic mass is 19.4. The van der Waals surface area contributed by atoms with E-state index in [0.29, 0.717) is 24.2 Å². The van der Waals surface area contributed by atoms with E-state index in [0.717, 1.165) is 0 Å². The van der Waals surface area contributed by atoms with E-state index < -0.39 is 47.7 Å². The van der Waals surface area contributed by atoms with Crippen LogP contribution >= 0.6 is 0 Å². The molecule has 0 bridgehead atoms. The lowest BCUT2D eigenvalue weighted by molar-refractivity contribution is -0.200. The molecule has 0 spiro atoms. The minimum absolute atomic E-state index is 0. The van der Waals surface area contributed by atoms with E-state index in [9.17, 15) is 30.7 Å². The fourth-order valence-corrected chi connectivity index (χ4v) is 3.14. The second-order valence-electron chi connectivity index (χ2n) is 6.84. The molecule has 1 aliphatic heterocycles. The highest BCUT2D eigenvalue weighted by Crippen LogP contribution is 2.38. The normalized spacial score (nSPS) is 20.8. The Labute approximate surface area is 175 Å². The summed E-state index contributed by atoms with van der Waals surface area (Å²) in [6.45, 7) is 2.01. The fourth-order valence-electron chi connectivity index (χ4n) is 3.14. The number of alkyl halides is 6. The van der Waals surface area contributed by atoms with Crippen LogP contribution in [-0.2, 0) is 21.8 Å². The molecule has 3 rings (SSSR count). The number of hydrogen-bond acceptors (Lipinski definition) is 3. The third kappa shape index (κ3) is 6.18. The third-order valence-electron chi connectivity index (χ3n) is 4.67. The van der Waals surface area contributed by atoms with Crippen LogP contribution in [0.5, 0.6) is 0 Å². The second-order valence-corrected chi connectivity index (χ2v) is 6.84. The van der Waals surface area contributed by atoms with Crippen molar-refractivity contribution in [3.05, 3.63) is 70.5 Å². The number of ether oxygens (including phenoxy) is 2. The zero-order valence-electron chi connectivity index (χ0n) is 15.6. The molecule has 0 aromatic heterocycles. The molecule has 0 saturated carbocycles. The van der Waals surface area contributed by atoms with E-state index >= 15 is 0 Å². The zero-order chi connectivity index (χ0) is 22.1. The van der Waals surface area contributed by atoms with Gasteiger partial charge < -0.3 is 14.8 Å². The SMILES string of the molecule is C.CC(OC1OCCN[C@H]1c1ccc(F)cc1)c1cc(C(F)(F)F)cc(C(F)(F)F)c1. The standard InChI is InChI=1S/C20H18F7NO2.CH4/c1-11(13-8-14(19(22,23)24)10-15(9-13)20(25,26)27)30-18-17(28-6-7-29-18)12-2-4-16(21)5-3-12;/h2-5,8-11,17-18,28H,6-7H2,1H3;1H4/t11?,17-,18?;/m0./s1. The smallest absolute Gasteiger partial charge is 0.349 e. The lowest BCUT2D eigenvalue weighted by Crippen LogP contribution is -2.43. The van der Waals surface area contributed by atoms with Crippen molar-refractivity contribution >= 4 is 0 Å². The van der Waals surface area contributed by atoms with E-state index in [4.69, 9.17) is 9.47 Å². The van der Waals surface area contributed by atoms with Gasteiger partial charge >= 0.3 is 12.4 Å². The summed E-state index contributed by atoms with van der Waals surface area (Å²) < 4.78 is 103. The van der Waals surface area contributed by atoms with E-state index in [-0.39, 0.29) is 25.7 Å². The molecule has 31 heavy (non-hydrogen) atoms. The van der Waals surface area contributed by atoms with Crippen molar-refractivity contribution in [2.75, 3.05) is 13.2 Å². The van der Waals surface area contributed by atoms with Gasteiger partial charge in [-0.05, 0) is 48.4 Å². The molecular weight excluding hydrogens is 431 g/mol. The summed E-state index contributed by atoms with van der Waals surface area (Å²) in [5.41, 5.74) is -2.52. The van der Waals surface area contributed by atoms with E-state index in [1.807, 2.05) is 0 Å². The Kier molecular flexibility index (Phi) is 7.72. The number of halogens is 7. The summed E-state index contributed by atoms with van der Waals surface area (Å²) in [5.74, 6) is -0.454. The van der Waals surface area contributed by atoms with Gasteiger partial charge in [-0.15, -0.1) is 0 Å². The maximum absolute atomic E-state index is 13.2. The first-order valence-corrected chi connectivity index (χ1v) is 9.00. The van der Waals surface area contributed by atoms with Gasteiger partial charge in [0.2, 0.25) is 0 Å². The molecule has 2 aromatic carbocycles. The molecular formula is C21H22F7NO2. The van der Waals surface area contributed by atoms with Crippen LogP contribution in [0.3, 0.4) is 0 Å². The minimum atomic E-state index is -4.95. The summed E-state index contributed by atoms with van der Waals surface area (Å²) in [6, 6.07) is 6.20. The molecule has 2 unspecified atom stereocenters. The molecule has 1 N–H and O–H groups in total. The molecule has 0 radical (unpaired) electrons. The summed E-state index contributed by atoms with van der Waals surface area (Å²) in [4.78, 5) is 0. The lowest BCUT2D eigenvalue weighted by Gasteiger charge is -2.34. The number of nitrogens with one attached hydrogen (secondary N) is 1. The first-order valence-electron chi connectivity index (χ1n) is 9.00. The first-order chi connectivity index (χ1) is 13.9. The Morgan fingerprint density at radius 1 is 0.968 bits per heavy atom. The summed E-state index contributed by atoms with van der Waals surface area (Å²) >= 11 is 0. The van der Waals surface area contributed by atoms with Crippen molar-refractivity contribution < 1.29 is 40.2 Å². The Hall–Kier alpha value is -2.17. The molecule has 0 aliphatic carbocycles. The van der Waals surface area contributed by atoms with E-state index in [1.165, 1.54) is 31.2 Å². The summed E-state index contributed by atoms with van der Waals surface area (Å²) in [5, 5.41) is 3.10. The molecule has 3 atom stereocenters. The molecule has 10 heteroatoms. The molecule has 2 aromatic rings. The maximum atomic E-state index is 13.2. The predicted molar refractivity (Wildman–Crippen MR) is 99.6 cm³/mol. The molecule has 1 saturated heterocycles. The van der Waals surface area contributed by atoms with Gasteiger partial charge in [-0.1, -0.05) is 19.6 Å². The van der Waals surface area contributed by atoms with Crippen LogP contribution in [-0.4, -0.2) is 19.4 Å². The summed E-state index contributed by atoms with van der Waals surface area (Å²) in [7, 11) is 0. The number of hydrogen-bond donors (Lipinski definition) is 1. The van der Waals surface area contributed by atoms with Crippen LogP contribution in [0.4, 0.5) is 30.7 Å². The predicted octanol–water partition coefficient (Wildman–Crippen LogP) is 6.26. The zero-order valence-corrected chi connectivity index (χ0v) is 15.6.